The Morgan fingerprint density at radius 2 is 1.61 bits per heavy atom. The van der Waals surface area contributed by atoms with Gasteiger partial charge < -0.3 is 5.11 Å². The van der Waals surface area contributed by atoms with Crippen LogP contribution in [0.5, 0.6) is 0 Å². The highest BCUT2D eigenvalue weighted by Gasteiger charge is 2.12. The van der Waals surface area contributed by atoms with Gasteiger partial charge in [0.05, 0.1) is 4.90 Å². The van der Waals surface area contributed by atoms with Crippen molar-refractivity contribution in [1.82, 2.24) is 0 Å². The Labute approximate surface area is 134 Å². The van der Waals surface area contributed by atoms with E-state index < -0.39 is 16.0 Å². The topological polar surface area (TPSA) is 83.5 Å². The van der Waals surface area contributed by atoms with Crippen molar-refractivity contribution in [2.45, 2.75) is 4.90 Å². The van der Waals surface area contributed by atoms with E-state index in [2.05, 4.69) is 4.72 Å². The third kappa shape index (κ3) is 5.12. The van der Waals surface area contributed by atoms with Gasteiger partial charge in [-0.15, -0.1) is 0 Å². The second kappa shape index (κ2) is 7.42. The molecule has 118 valence electrons. The molecule has 0 unspecified atom stereocenters. The lowest BCUT2D eigenvalue weighted by molar-refractivity contribution is -0.131. The fourth-order valence-corrected chi connectivity index (χ4v) is 2.86. The van der Waals surface area contributed by atoms with E-state index in [-0.39, 0.29) is 4.90 Å². The van der Waals surface area contributed by atoms with Gasteiger partial charge in [-0.3, -0.25) is 4.72 Å². The molecule has 2 aromatic rings. The molecule has 0 spiro atoms. The van der Waals surface area contributed by atoms with Gasteiger partial charge in [0.1, 0.15) is 0 Å². The SMILES string of the molecule is O=C(O)/C=C/C=C/c1ccc(NS(=O)(=O)c2ccccc2)cc1. The Balaban J connectivity index is 2.07. The van der Waals surface area contributed by atoms with E-state index in [1.54, 1.807) is 54.6 Å². The Bertz CT molecular complexity index is 823. The van der Waals surface area contributed by atoms with Gasteiger partial charge in [-0.05, 0) is 29.8 Å². The minimum atomic E-state index is -3.60. The highest BCUT2D eigenvalue weighted by Crippen LogP contribution is 2.16. The Kier molecular flexibility index (Phi) is 5.32. The summed E-state index contributed by atoms with van der Waals surface area (Å²) in [7, 11) is -3.60. The molecule has 0 amide bonds. The molecule has 5 nitrogen and oxygen atoms in total. The van der Waals surface area contributed by atoms with Crippen molar-refractivity contribution in [3.05, 3.63) is 78.4 Å². The summed E-state index contributed by atoms with van der Waals surface area (Å²) < 4.78 is 26.8. The molecule has 6 heteroatoms. The van der Waals surface area contributed by atoms with Gasteiger partial charge >= 0.3 is 5.97 Å². The average Bonchev–Trinajstić information content (AvgIpc) is 2.53. The first-order valence-corrected chi connectivity index (χ1v) is 8.21. The maximum absolute atomic E-state index is 12.2. The van der Waals surface area contributed by atoms with Crippen LogP contribution in [-0.4, -0.2) is 19.5 Å². The van der Waals surface area contributed by atoms with Gasteiger partial charge in [0.15, 0.2) is 0 Å². The van der Waals surface area contributed by atoms with E-state index in [1.807, 2.05) is 0 Å². The summed E-state index contributed by atoms with van der Waals surface area (Å²) >= 11 is 0. The lowest BCUT2D eigenvalue weighted by Crippen LogP contribution is -2.12. The number of rotatable bonds is 6. The van der Waals surface area contributed by atoms with Crippen LogP contribution in [0.25, 0.3) is 6.08 Å². The lowest BCUT2D eigenvalue weighted by atomic mass is 10.2. The fraction of sp³-hybridized carbons (Fsp3) is 0. The number of carboxylic acids is 1. The molecule has 0 radical (unpaired) electrons. The monoisotopic (exact) mass is 329 g/mol. The summed E-state index contributed by atoms with van der Waals surface area (Å²) in [5.74, 6) is -1.01. The maximum Gasteiger partial charge on any atom is 0.328 e. The Hall–Kier alpha value is -2.86. The molecule has 2 N–H and O–H groups in total. The second-order valence-electron chi connectivity index (χ2n) is 4.60. The van der Waals surface area contributed by atoms with Crippen LogP contribution in [0.3, 0.4) is 0 Å². The van der Waals surface area contributed by atoms with Crippen molar-refractivity contribution in [1.29, 1.82) is 0 Å². The first kappa shape index (κ1) is 16.5. The van der Waals surface area contributed by atoms with Crippen molar-refractivity contribution in [2.24, 2.45) is 0 Å². The molecule has 23 heavy (non-hydrogen) atoms. The molecule has 0 fully saturated rings. The van der Waals surface area contributed by atoms with E-state index in [0.29, 0.717) is 5.69 Å². The predicted molar refractivity (Wildman–Crippen MR) is 89.5 cm³/mol. The van der Waals surface area contributed by atoms with Crippen molar-refractivity contribution in [3.63, 3.8) is 0 Å². The van der Waals surface area contributed by atoms with Crippen molar-refractivity contribution in [2.75, 3.05) is 4.72 Å². The van der Waals surface area contributed by atoms with Gasteiger partial charge in [-0.1, -0.05) is 48.6 Å². The standard InChI is InChI=1S/C17H15NO4S/c19-17(20)9-5-4-6-14-10-12-15(13-11-14)18-23(21,22)16-7-2-1-3-8-16/h1-13,18H,(H,19,20)/b6-4+,9-5+. The van der Waals surface area contributed by atoms with Crippen LogP contribution in [0.4, 0.5) is 5.69 Å². The average molecular weight is 329 g/mol. The molecule has 0 atom stereocenters. The quantitative estimate of drug-likeness (QED) is 0.630. The predicted octanol–water partition coefficient (Wildman–Crippen LogP) is 3.14. The van der Waals surface area contributed by atoms with Crippen LogP contribution >= 0.6 is 0 Å². The lowest BCUT2D eigenvalue weighted by Gasteiger charge is -2.08. The van der Waals surface area contributed by atoms with E-state index in [4.69, 9.17) is 5.11 Å². The summed E-state index contributed by atoms with van der Waals surface area (Å²) in [4.78, 5) is 10.5. The Morgan fingerprint density at radius 3 is 2.22 bits per heavy atom. The smallest absolute Gasteiger partial charge is 0.328 e. The number of anilines is 1. The number of allylic oxidation sites excluding steroid dienone is 2. The largest absolute Gasteiger partial charge is 0.478 e. The summed E-state index contributed by atoms with van der Waals surface area (Å²) in [5.41, 5.74) is 1.27. The number of hydrogen-bond acceptors (Lipinski definition) is 3. The summed E-state index contributed by atoms with van der Waals surface area (Å²) in [6.07, 6.45) is 5.75. The Morgan fingerprint density at radius 1 is 0.957 bits per heavy atom. The molecule has 0 saturated heterocycles. The van der Waals surface area contributed by atoms with Gasteiger partial charge in [0.25, 0.3) is 10.0 Å². The summed E-state index contributed by atoms with van der Waals surface area (Å²) in [6.45, 7) is 0. The molecule has 0 saturated carbocycles. The van der Waals surface area contributed by atoms with Gasteiger partial charge in [0.2, 0.25) is 0 Å². The van der Waals surface area contributed by atoms with Gasteiger partial charge in [-0.2, -0.15) is 0 Å². The summed E-state index contributed by atoms with van der Waals surface area (Å²) in [6, 6.07) is 14.9. The van der Waals surface area contributed by atoms with Gasteiger partial charge in [-0.25, -0.2) is 13.2 Å². The van der Waals surface area contributed by atoms with Crippen molar-refractivity contribution in [3.8, 4) is 0 Å². The molecule has 0 aliphatic heterocycles. The first-order valence-electron chi connectivity index (χ1n) is 6.73. The number of sulfonamides is 1. The summed E-state index contributed by atoms with van der Waals surface area (Å²) in [5, 5.41) is 8.46. The van der Waals surface area contributed by atoms with Crippen LogP contribution in [0.15, 0.2) is 77.7 Å². The van der Waals surface area contributed by atoms with E-state index in [1.165, 1.54) is 18.2 Å². The second-order valence-corrected chi connectivity index (χ2v) is 6.28. The zero-order valence-corrected chi connectivity index (χ0v) is 12.9. The van der Waals surface area contributed by atoms with Crippen molar-refractivity contribution >= 4 is 27.8 Å². The van der Waals surface area contributed by atoms with E-state index in [0.717, 1.165) is 11.6 Å². The number of carbonyl (C=O) groups is 1. The highest BCUT2D eigenvalue weighted by molar-refractivity contribution is 7.92. The van der Waals surface area contributed by atoms with Crippen LogP contribution in [-0.2, 0) is 14.8 Å². The highest BCUT2D eigenvalue weighted by atomic mass is 32.2. The third-order valence-corrected chi connectivity index (χ3v) is 4.25. The maximum atomic E-state index is 12.2. The minimum absolute atomic E-state index is 0.197. The molecule has 0 aliphatic rings. The zero-order chi connectivity index (χ0) is 16.7. The van der Waals surface area contributed by atoms with Gasteiger partial charge in [0, 0.05) is 11.8 Å². The zero-order valence-electron chi connectivity index (χ0n) is 12.1. The van der Waals surface area contributed by atoms with E-state index >= 15 is 0 Å². The molecule has 2 aromatic carbocycles. The minimum Gasteiger partial charge on any atom is -0.478 e. The molecule has 0 aliphatic carbocycles. The third-order valence-electron chi connectivity index (χ3n) is 2.85. The normalized spacial score (nSPS) is 11.8. The molecular formula is C17H15NO4S. The molecule has 0 aromatic heterocycles. The van der Waals surface area contributed by atoms with Crippen LogP contribution < -0.4 is 4.72 Å². The van der Waals surface area contributed by atoms with Crippen molar-refractivity contribution < 1.29 is 18.3 Å². The van der Waals surface area contributed by atoms with Crippen LogP contribution in [0.1, 0.15) is 5.56 Å². The molecular weight excluding hydrogens is 314 g/mol. The number of carboxylic acid groups (broad SMARTS) is 1. The molecule has 0 bridgehead atoms. The first-order chi connectivity index (χ1) is 11.0. The van der Waals surface area contributed by atoms with Crippen LogP contribution in [0.2, 0.25) is 0 Å². The number of hydrogen-bond donors (Lipinski definition) is 2. The van der Waals surface area contributed by atoms with E-state index in [9.17, 15) is 13.2 Å². The molecule has 2 rings (SSSR count). The number of benzene rings is 2. The molecule has 0 heterocycles. The number of aliphatic carboxylic acids is 1. The number of nitrogens with one attached hydrogen (secondary N) is 1. The van der Waals surface area contributed by atoms with Crippen LogP contribution in [0, 0.1) is 0 Å². The fourth-order valence-electron chi connectivity index (χ4n) is 1.78.